The van der Waals surface area contributed by atoms with E-state index >= 15 is 0 Å². The molecule has 0 bridgehead atoms. The molecule has 0 aromatic carbocycles. The van der Waals surface area contributed by atoms with Crippen molar-refractivity contribution in [3.05, 3.63) is 16.1 Å². The lowest BCUT2D eigenvalue weighted by Crippen LogP contribution is -2.62. The SMILES string of the molecule is CCC(C)[C@@H](C[C@@H](OC(C)=O)c1nc(C(=O)O)cs1)N(C)C(=O)[C@@H](NC(=O)C(C)(C)N(CCO)CCO)[C@@H](C)CC. The summed E-state index contributed by atoms with van der Waals surface area (Å²) in [6, 6.07) is -1.29. The summed E-state index contributed by atoms with van der Waals surface area (Å²) >= 11 is 1.08. The number of β-amino-alcohol motifs (C(OH)–C–C–N with tert-alkyl or cyclic N) is 2. The maximum absolute atomic E-state index is 14.0. The van der Waals surface area contributed by atoms with Crippen molar-refractivity contribution in [2.24, 2.45) is 11.8 Å². The maximum Gasteiger partial charge on any atom is 0.355 e. The van der Waals surface area contributed by atoms with Crippen LogP contribution in [-0.4, -0.2) is 105 Å². The molecule has 0 aliphatic carbocycles. The Hall–Kier alpha value is -2.61. The number of nitrogens with one attached hydrogen (secondary N) is 1. The van der Waals surface area contributed by atoms with E-state index in [9.17, 15) is 34.5 Å². The lowest BCUT2D eigenvalue weighted by molar-refractivity contribution is -0.149. The zero-order chi connectivity index (χ0) is 31.5. The van der Waals surface area contributed by atoms with Gasteiger partial charge in [-0.3, -0.25) is 19.3 Å². The molecule has 234 valence electrons. The van der Waals surface area contributed by atoms with Crippen LogP contribution in [0.1, 0.15) is 89.3 Å². The van der Waals surface area contributed by atoms with E-state index in [0.717, 1.165) is 11.3 Å². The molecule has 1 rings (SSSR count). The molecule has 0 aliphatic heterocycles. The fraction of sp³-hybridized carbons (Fsp3) is 0.750. The molecule has 0 saturated heterocycles. The van der Waals surface area contributed by atoms with Gasteiger partial charge in [0.05, 0.1) is 18.8 Å². The number of hydrogen-bond donors (Lipinski definition) is 4. The Morgan fingerprint density at radius 2 is 1.63 bits per heavy atom. The number of hydrogen-bond acceptors (Lipinski definition) is 10. The van der Waals surface area contributed by atoms with E-state index < -0.39 is 41.6 Å². The number of rotatable bonds is 18. The highest BCUT2D eigenvalue weighted by molar-refractivity contribution is 7.09. The highest BCUT2D eigenvalue weighted by Crippen LogP contribution is 2.32. The number of esters is 1. The molecular weight excluding hydrogens is 552 g/mol. The zero-order valence-corrected chi connectivity index (χ0v) is 26.4. The second-order valence-electron chi connectivity index (χ2n) is 10.9. The van der Waals surface area contributed by atoms with Crippen molar-refractivity contribution in [2.45, 2.75) is 91.5 Å². The molecule has 1 unspecified atom stereocenters. The first-order valence-corrected chi connectivity index (χ1v) is 14.9. The summed E-state index contributed by atoms with van der Waals surface area (Å²) in [5, 5.41) is 32.9. The summed E-state index contributed by atoms with van der Waals surface area (Å²) in [5.74, 6) is -2.71. The largest absolute Gasteiger partial charge is 0.476 e. The number of aliphatic hydroxyl groups excluding tert-OH is 2. The van der Waals surface area contributed by atoms with Gasteiger partial charge >= 0.3 is 11.9 Å². The Labute approximate surface area is 247 Å². The van der Waals surface area contributed by atoms with Crippen molar-refractivity contribution < 1.29 is 39.2 Å². The quantitative estimate of drug-likeness (QED) is 0.183. The van der Waals surface area contributed by atoms with Gasteiger partial charge < -0.3 is 30.3 Å². The molecule has 0 fully saturated rings. The first-order valence-electron chi connectivity index (χ1n) is 14.1. The van der Waals surface area contributed by atoms with Gasteiger partial charge in [0.2, 0.25) is 11.8 Å². The van der Waals surface area contributed by atoms with Gasteiger partial charge in [0.15, 0.2) is 11.8 Å². The van der Waals surface area contributed by atoms with Gasteiger partial charge in [-0.05, 0) is 25.7 Å². The number of aromatic carboxylic acids is 1. The standard InChI is InChI=1S/C28H48N4O8S/c1-9-17(3)21(15-22(40-19(5)35)24-29-20(16-41-24)26(37)38)31(8)25(36)23(18(4)10-2)30-27(39)28(6,7)32(11-13-33)12-14-34/h16-18,21-23,33-34H,9-15H2,1-8H3,(H,30,39)(H,37,38)/t17?,18-,21+,22+,23-/m0/s1. The molecule has 4 N–H and O–H groups in total. The lowest BCUT2D eigenvalue weighted by Gasteiger charge is -2.40. The molecule has 0 aliphatic rings. The van der Waals surface area contributed by atoms with Crippen LogP contribution in [0.2, 0.25) is 0 Å². The third-order valence-corrected chi connectivity index (χ3v) is 8.71. The van der Waals surface area contributed by atoms with Gasteiger partial charge in [-0.1, -0.05) is 40.5 Å². The third-order valence-electron chi connectivity index (χ3n) is 7.78. The Balaban J connectivity index is 3.36. The molecular formula is C28H48N4O8S. The van der Waals surface area contributed by atoms with Crippen molar-refractivity contribution in [1.29, 1.82) is 0 Å². The Kier molecular flexibility index (Phi) is 14.9. The molecule has 1 heterocycles. The number of nitrogens with zero attached hydrogens (tertiary/aromatic N) is 3. The van der Waals surface area contributed by atoms with Crippen LogP contribution in [0, 0.1) is 11.8 Å². The summed E-state index contributed by atoms with van der Waals surface area (Å²) in [6.07, 6.45) is 0.652. The zero-order valence-electron chi connectivity index (χ0n) is 25.5. The Morgan fingerprint density at radius 1 is 1.07 bits per heavy atom. The van der Waals surface area contributed by atoms with Crippen LogP contribution < -0.4 is 5.32 Å². The summed E-state index contributed by atoms with van der Waals surface area (Å²) in [5.41, 5.74) is -1.26. The van der Waals surface area contributed by atoms with E-state index in [1.165, 1.54) is 12.3 Å². The van der Waals surface area contributed by atoms with E-state index in [4.69, 9.17) is 4.74 Å². The fourth-order valence-corrected chi connectivity index (χ4v) is 5.47. The average molecular weight is 601 g/mol. The van der Waals surface area contributed by atoms with Gasteiger partial charge in [0, 0.05) is 44.9 Å². The fourth-order valence-electron chi connectivity index (χ4n) is 4.64. The molecule has 1 aromatic rings. The van der Waals surface area contributed by atoms with Crippen molar-refractivity contribution >= 4 is 35.1 Å². The topological polar surface area (TPSA) is 170 Å². The second kappa shape index (κ2) is 16.7. The Bertz CT molecular complexity index is 1010. The number of amides is 2. The van der Waals surface area contributed by atoms with E-state index in [2.05, 4.69) is 10.3 Å². The van der Waals surface area contributed by atoms with E-state index in [-0.39, 0.29) is 56.2 Å². The number of carboxylic acid groups (broad SMARTS) is 1. The minimum absolute atomic E-state index is 0.0322. The molecule has 0 radical (unpaired) electrons. The van der Waals surface area contributed by atoms with Gasteiger partial charge in [0.1, 0.15) is 11.0 Å². The second-order valence-corrected chi connectivity index (χ2v) is 11.8. The van der Waals surface area contributed by atoms with Crippen molar-refractivity contribution in [3.63, 3.8) is 0 Å². The van der Waals surface area contributed by atoms with Gasteiger partial charge in [0.25, 0.3) is 0 Å². The first-order chi connectivity index (χ1) is 19.2. The molecule has 13 heteroatoms. The smallest absolute Gasteiger partial charge is 0.355 e. The lowest BCUT2D eigenvalue weighted by atomic mass is 9.90. The normalized spacial score (nSPS) is 15.5. The molecule has 41 heavy (non-hydrogen) atoms. The highest BCUT2D eigenvalue weighted by Gasteiger charge is 2.40. The highest BCUT2D eigenvalue weighted by atomic mass is 32.1. The first kappa shape index (κ1) is 36.4. The molecule has 1 aromatic heterocycles. The average Bonchev–Trinajstić information content (AvgIpc) is 3.42. The summed E-state index contributed by atoms with van der Waals surface area (Å²) in [6.45, 7) is 12.4. The molecule has 12 nitrogen and oxygen atoms in total. The predicted octanol–water partition coefficient (Wildman–Crippen LogP) is 2.30. The van der Waals surface area contributed by atoms with Crippen LogP contribution in [0.3, 0.4) is 0 Å². The molecule has 0 spiro atoms. The number of aromatic nitrogens is 1. The third kappa shape index (κ3) is 10.0. The predicted molar refractivity (Wildman–Crippen MR) is 155 cm³/mol. The summed E-state index contributed by atoms with van der Waals surface area (Å²) in [7, 11) is 1.66. The van der Waals surface area contributed by atoms with E-state index in [0.29, 0.717) is 17.8 Å². The van der Waals surface area contributed by atoms with E-state index in [1.807, 2.05) is 27.7 Å². The van der Waals surface area contributed by atoms with Crippen molar-refractivity contribution in [2.75, 3.05) is 33.4 Å². The molecule has 5 atom stereocenters. The van der Waals surface area contributed by atoms with Gasteiger partial charge in [-0.2, -0.15) is 0 Å². The number of aliphatic hydroxyl groups is 2. The maximum atomic E-state index is 14.0. The van der Waals surface area contributed by atoms with Gasteiger partial charge in [-0.15, -0.1) is 11.3 Å². The van der Waals surface area contributed by atoms with Crippen LogP contribution in [0.4, 0.5) is 0 Å². The van der Waals surface area contributed by atoms with Crippen LogP contribution in [0.25, 0.3) is 0 Å². The monoisotopic (exact) mass is 600 g/mol. The number of thiazole rings is 1. The molecule has 0 saturated carbocycles. The van der Waals surface area contributed by atoms with Crippen molar-refractivity contribution in [3.8, 4) is 0 Å². The Morgan fingerprint density at radius 3 is 2.07 bits per heavy atom. The van der Waals surface area contributed by atoms with E-state index in [1.54, 1.807) is 30.7 Å². The number of carbonyl (C=O) groups excluding carboxylic acids is 3. The van der Waals surface area contributed by atoms with Crippen LogP contribution in [0.15, 0.2) is 5.38 Å². The minimum atomic E-state index is -1.19. The number of carboxylic acids is 1. The molecule has 2 amide bonds. The van der Waals surface area contributed by atoms with Crippen LogP contribution in [-0.2, 0) is 19.1 Å². The van der Waals surface area contributed by atoms with Gasteiger partial charge in [-0.25, -0.2) is 9.78 Å². The minimum Gasteiger partial charge on any atom is -0.476 e. The van der Waals surface area contributed by atoms with Crippen LogP contribution >= 0.6 is 11.3 Å². The number of carbonyl (C=O) groups is 4. The van der Waals surface area contributed by atoms with Crippen molar-refractivity contribution in [1.82, 2.24) is 20.1 Å². The van der Waals surface area contributed by atoms with Crippen LogP contribution in [0.5, 0.6) is 0 Å². The summed E-state index contributed by atoms with van der Waals surface area (Å²) < 4.78 is 5.56. The number of ether oxygens (including phenoxy) is 1. The number of likely N-dealkylation sites (N-methyl/N-ethyl adjacent to an activating group) is 1. The summed E-state index contributed by atoms with van der Waals surface area (Å²) in [4.78, 5) is 58.3.